The Hall–Kier alpha value is -12.8. The van der Waals surface area contributed by atoms with E-state index in [0.29, 0.717) is 62.1 Å². The molecule has 0 spiro atoms. The summed E-state index contributed by atoms with van der Waals surface area (Å²) in [7, 11) is 0. The van der Waals surface area contributed by atoms with Gasteiger partial charge in [0.05, 0.1) is 80.6 Å². The number of aliphatic hydroxyl groups is 1. The van der Waals surface area contributed by atoms with Crippen LogP contribution in [-0.2, 0) is 162 Å². The van der Waals surface area contributed by atoms with Gasteiger partial charge in [0.2, 0.25) is 0 Å². The molecule has 716 valence electrons. The summed E-state index contributed by atoms with van der Waals surface area (Å²) in [6, 6.07) is 0. The molecule has 0 heterocycles. The lowest BCUT2D eigenvalue weighted by Crippen LogP contribution is -2.42. The molecule has 35 nitrogen and oxygen atoms in total. The minimum absolute atomic E-state index is 0.0326. The Labute approximate surface area is 755 Å². The van der Waals surface area contributed by atoms with Crippen molar-refractivity contribution in [2.75, 3.05) is 126 Å². The van der Waals surface area contributed by atoms with Crippen molar-refractivity contribution in [3.05, 3.63) is 202 Å². The summed E-state index contributed by atoms with van der Waals surface area (Å²) in [5.41, 5.74) is -4.25. The zero-order chi connectivity index (χ0) is 98.8. The summed E-state index contributed by atoms with van der Waals surface area (Å²) in [4.78, 5) is 179. The summed E-state index contributed by atoms with van der Waals surface area (Å²) < 4.78 is 91.4. The maximum atomic E-state index is 11.6. The first kappa shape index (κ1) is 120. The van der Waals surface area contributed by atoms with Gasteiger partial charge in [-0.3, -0.25) is 0 Å². The molecule has 2 bridgehead atoms. The SMILES string of the molecule is C=CC(=O)OCC(C)(C)COC(=O)C=C.C=CC(=O)OCC(C)OCC(C)OC(=O)C=C.C=CC(=O)OCC(CC)(COC(=O)C=C)COC(=O)C=C.C=CC(=O)OCC(CC)(COCC(CC)(COC(=O)C=C)COC(=O)C=C)COC(=O)C=C.C=CC(=O)OCC(CO)(COC(=O)C=C)COC(=O)C=C.C=CC(=O)OCC1CC2CC1C1CCC(COC(=O)C=C)C21. The molecule has 0 aromatic heterocycles. The fraction of sp³-hybridized carbons (Fsp3) is 0.489. The minimum Gasteiger partial charge on any atom is -0.462 e. The Morgan fingerprint density at radius 2 is 0.543 bits per heavy atom. The van der Waals surface area contributed by atoms with Crippen LogP contribution in [0.3, 0.4) is 0 Å². The van der Waals surface area contributed by atoms with Crippen molar-refractivity contribution in [1.82, 2.24) is 0 Å². The standard InChI is InChI=1S/C24H34O9.C18H24O4.C15H20O6.C14H18O7.C12H18O5.C11H16O4/c1-7-19(25)30-15-23(11-5,16-31-20(26)8-2)13-29-14-24(12-6,17-32-21(27)9-3)18-33-22(28)10-4;1-3-16(19)21-9-11-5-6-14-15-8-12(18(11)14)7-13(15)10-22-17(20)4-2;1-5-12(16)19-9-15(8-4,10-20-13(17)6-2)11-21-14(18)7-3;1-4-11(16)19-8-14(7-15,9-20-12(17)5-2)10-21-13(18)6-3;1-5-11(13)16-7-9(3)15-8-10(4)17-12(14)6-2;1-5-9(12)14-7-11(3,4)8-15-10(13)6-2/h7-10H,1-4,11-18H2,5-6H3;3-4,11-15,18H,1-2,5-10H2;5-7H,1-3,8-11H2,4H3;4-6,15H,1-3,7-10H2;5-6,9-10H,1-2,7-8H2,3-4H3;5-6H,1-2,7-8H2,3-4H3. The van der Waals surface area contributed by atoms with E-state index in [1.807, 2.05) is 27.7 Å². The highest BCUT2D eigenvalue weighted by Crippen LogP contribution is 2.63. The Kier molecular flexibility index (Phi) is 63.0. The minimum atomic E-state index is -1.28. The van der Waals surface area contributed by atoms with Crippen LogP contribution >= 0.6 is 0 Å². The fourth-order valence-electron chi connectivity index (χ4n) is 11.7. The molecule has 3 aliphatic rings. The highest BCUT2D eigenvalue weighted by Gasteiger charge is 2.57. The average Bonchev–Trinajstić information content (AvgIpc) is 1.58. The van der Waals surface area contributed by atoms with Crippen molar-refractivity contribution in [3.63, 3.8) is 0 Å². The molecule has 0 saturated heterocycles. The van der Waals surface area contributed by atoms with E-state index in [4.69, 9.17) is 85.3 Å². The molecule has 3 rings (SSSR count). The summed E-state index contributed by atoms with van der Waals surface area (Å²) in [5.74, 6) is -5.32. The zero-order valence-electron chi connectivity index (χ0n) is 75.4. The predicted molar refractivity (Wildman–Crippen MR) is 470 cm³/mol. The lowest BCUT2D eigenvalue weighted by atomic mass is 9.73. The third kappa shape index (κ3) is 52.2. The molecular weight excluding hydrogens is 1690 g/mol. The smallest absolute Gasteiger partial charge is 0.330 e. The molecule has 3 saturated carbocycles. The molecule has 0 aliphatic heterocycles. The number of fused-ring (bicyclic) bond motifs is 5. The molecule has 129 heavy (non-hydrogen) atoms. The number of ether oxygens (including phenoxy) is 18. The summed E-state index contributed by atoms with van der Waals surface area (Å²) in [5, 5.41) is 9.48. The second-order valence-corrected chi connectivity index (χ2v) is 29.9. The van der Waals surface area contributed by atoms with Crippen LogP contribution in [-0.4, -0.2) is 238 Å². The third-order valence-electron chi connectivity index (χ3n) is 19.5. The maximum Gasteiger partial charge on any atom is 0.330 e. The first-order valence-electron chi connectivity index (χ1n) is 40.6. The van der Waals surface area contributed by atoms with Crippen molar-refractivity contribution in [2.45, 2.75) is 106 Å². The Bertz CT molecular complexity index is 3500. The van der Waals surface area contributed by atoms with E-state index >= 15 is 0 Å². The number of aliphatic hydroxyl groups excluding tert-OH is 1. The van der Waals surface area contributed by atoms with E-state index in [-0.39, 0.29) is 130 Å². The molecule has 8 atom stereocenters. The van der Waals surface area contributed by atoms with Crippen molar-refractivity contribution in [3.8, 4) is 0 Å². The van der Waals surface area contributed by atoms with Gasteiger partial charge in [-0.2, -0.15) is 0 Å². The molecule has 8 unspecified atom stereocenters. The predicted octanol–water partition coefficient (Wildman–Crippen LogP) is 9.89. The molecule has 0 aromatic rings. The van der Waals surface area contributed by atoms with Gasteiger partial charge in [-0.25, -0.2) is 76.7 Å². The maximum absolute atomic E-state index is 11.6. The van der Waals surface area contributed by atoms with Crippen molar-refractivity contribution < 1.29 is 167 Å². The molecule has 3 fully saturated rings. The van der Waals surface area contributed by atoms with Gasteiger partial charge in [-0.15, -0.1) is 0 Å². The molecule has 3 aliphatic carbocycles. The number of carbonyl (C=O) groups is 16. The van der Waals surface area contributed by atoms with Crippen LogP contribution in [0.4, 0.5) is 0 Å². The number of rotatable bonds is 58. The first-order chi connectivity index (χ1) is 61.0. The number of hydrogen-bond acceptors (Lipinski definition) is 35. The van der Waals surface area contributed by atoms with Gasteiger partial charge in [-0.1, -0.05) is 140 Å². The summed E-state index contributed by atoms with van der Waals surface area (Å²) in [6.45, 7) is 65.2. The van der Waals surface area contributed by atoms with Gasteiger partial charge in [0.1, 0.15) is 78.8 Å². The van der Waals surface area contributed by atoms with E-state index in [0.717, 1.165) is 104 Å². The van der Waals surface area contributed by atoms with E-state index in [1.54, 1.807) is 20.8 Å². The van der Waals surface area contributed by atoms with Gasteiger partial charge in [0.25, 0.3) is 0 Å². The third-order valence-corrected chi connectivity index (χ3v) is 19.5. The largest absolute Gasteiger partial charge is 0.462 e. The average molecular weight is 1820 g/mol. The Balaban J connectivity index is -0.00000150. The number of carbonyl (C=O) groups excluding carboxylic acids is 16. The van der Waals surface area contributed by atoms with Crippen LogP contribution < -0.4 is 0 Å². The van der Waals surface area contributed by atoms with Crippen molar-refractivity contribution >= 4 is 95.5 Å². The van der Waals surface area contributed by atoms with E-state index in [9.17, 15) is 81.8 Å². The van der Waals surface area contributed by atoms with Crippen LogP contribution in [0, 0.1) is 62.6 Å². The van der Waals surface area contributed by atoms with Crippen LogP contribution in [0.25, 0.3) is 0 Å². The molecule has 1 N–H and O–H groups in total. The lowest BCUT2D eigenvalue weighted by molar-refractivity contribution is -0.161. The van der Waals surface area contributed by atoms with Gasteiger partial charge in [0.15, 0.2) is 0 Å². The van der Waals surface area contributed by atoms with Gasteiger partial charge in [0, 0.05) is 103 Å². The fourth-order valence-corrected chi connectivity index (χ4v) is 11.7. The molecular formula is C94H130O35. The van der Waals surface area contributed by atoms with Gasteiger partial charge >= 0.3 is 95.5 Å². The van der Waals surface area contributed by atoms with Crippen LogP contribution in [0.2, 0.25) is 0 Å². The highest BCUT2D eigenvalue weighted by molar-refractivity contribution is 5.86. The second-order valence-electron chi connectivity index (χ2n) is 29.9. The van der Waals surface area contributed by atoms with Gasteiger partial charge in [-0.05, 0) is 94.3 Å². The quantitative estimate of drug-likeness (QED) is 0.0336. The first-order valence-corrected chi connectivity index (χ1v) is 40.6. The highest BCUT2D eigenvalue weighted by atomic mass is 16.6. The normalized spacial score (nSPS) is 15.6. The molecule has 0 radical (unpaired) electrons. The van der Waals surface area contributed by atoms with Crippen LogP contribution in [0.15, 0.2) is 202 Å². The van der Waals surface area contributed by atoms with E-state index < -0.39 is 117 Å². The number of esters is 16. The second kappa shape index (κ2) is 67.5. The zero-order valence-corrected chi connectivity index (χ0v) is 75.4. The molecule has 0 amide bonds. The van der Waals surface area contributed by atoms with Crippen LogP contribution in [0.1, 0.15) is 93.4 Å². The Morgan fingerprint density at radius 3 is 0.814 bits per heavy atom. The summed E-state index contributed by atoms with van der Waals surface area (Å²) in [6.07, 6.45) is 22.2. The van der Waals surface area contributed by atoms with Crippen LogP contribution in [0.5, 0.6) is 0 Å². The number of hydrogen-bond donors (Lipinski definition) is 1. The van der Waals surface area contributed by atoms with Gasteiger partial charge < -0.3 is 90.4 Å². The summed E-state index contributed by atoms with van der Waals surface area (Å²) >= 11 is 0. The molecule has 0 aromatic carbocycles. The van der Waals surface area contributed by atoms with E-state index in [1.165, 1.54) is 25.0 Å². The van der Waals surface area contributed by atoms with E-state index in [2.05, 4.69) is 105 Å². The molecule has 35 heteroatoms. The van der Waals surface area contributed by atoms with Crippen molar-refractivity contribution in [1.29, 1.82) is 0 Å². The monoisotopic (exact) mass is 1820 g/mol. The van der Waals surface area contributed by atoms with Crippen molar-refractivity contribution in [2.24, 2.45) is 62.6 Å². The Morgan fingerprint density at radius 1 is 0.295 bits per heavy atom. The lowest BCUT2D eigenvalue weighted by Gasteiger charge is -2.35. The topological polar surface area (TPSA) is 459 Å².